The molecule has 35 heavy (non-hydrogen) atoms. The van der Waals surface area contributed by atoms with Crippen molar-refractivity contribution in [3.05, 3.63) is 99.4 Å². The molecule has 0 saturated carbocycles. The van der Waals surface area contributed by atoms with Crippen molar-refractivity contribution < 1.29 is 14.3 Å². The molecule has 1 saturated heterocycles. The Morgan fingerprint density at radius 2 is 1.66 bits per heavy atom. The van der Waals surface area contributed by atoms with Gasteiger partial charge in [-0.05, 0) is 24.3 Å². The second kappa shape index (κ2) is 10.2. The minimum atomic E-state index is -0.0783. The Balaban J connectivity index is 1.10. The van der Waals surface area contributed by atoms with E-state index in [2.05, 4.69) is 9.88 Å². The number of aromatic nitrogens is 2. The molecule has 5 rings (SSSR count). The Bertz CT molecular complexity index is 1390. The fraction of sp³-hybridized carbons (Fsp3) is 0.231. The van der Waals surface area contributed by atoms with E-state index in [0.717, 1.165) is 5.69 Å². The second-order valence-corrected chi connectivity index (χ2v) is 9.18. The number of amides is 1. The molecule has 9 heteroatoms. The van der Waals surface area contributed by atoms with Crippen molar-refractivity contribution in [2.45, 2.75) is 6.54 Å². The predicted octanol–water partition coefficient (Wildman–Crippen LogP) is 2.71. The molecule has 1 aliphatic rings. The fourth-order valence-electron chi connectivity index (χ4n) is 4.05. The number of fused-ring (bicyclic) bond motifs is 1. The maximum absolute atomic E-state index is 12.6. The van der Waals surface area contributed by atoms with Crippen LogP contribution in [0.4, 0.5) is 0 Å². The molecule has 0 N–H and O–H groups in total. The standard InChI is InChI=1S/C26H24N4O4S/c31-23-16-21(27-26-30(23)14-15-35-26)17-28-10-12-29(13-11-28)24(32)18-34-22-8-6-20(7-9-22)25(33)19-4-2-1-3-5-19/h1-9,14-16H,10-13,17-18H2. The first-order valence-corrected chi connectivity index (χ1v) is 12.2. The van der Waals surface area contributed by atoms with Gasteiger partial charge in [-0.25, -0.2) is 4.98 Å². The van der Waals surface area contributed by atoms with Crippen LogP contribution in [0.1, 0.15) is 21.6 Å². The molecule has 0 atom stereocenters. The average molecular weight is 489 g/mol. The van der Waals surface area contributed by atoms with Crippen LogP contribution < -0.4 is 10.3 Å². The van der Waals surface area contributed by atoms with Gasteiger partial charge in [-0.1, -0.05) is 30.3 Å². The molecule has 0 radical (unpaired) electrons. The van der Waals surface area contributed by atoms with E-state index in [9.17, 15) is 14.4 Å². The van der Waals surface area contributed by atoms with Crippen molar-refractivity contribution in [1.29, 1.82) is 0 Å². The van der Waals surface area contributed by atoms with Crippen LogP contribution in [-0.2, 0) is 11.3 Å². The topological polar surface area (TPSA) is 84.2 Å². The van der Waals surface area contributed by atoms with Crippen LogP contribution in [0.25, 0.3) is 4.96 Å². The van der Waals surface area contributed by atoms with Gasteiger partial charge in [-0.3, -0.25) is 23.7 Å². The zero-order valence-corrected chi connectivity index (χ0v) is 19.8. The predicted molar refractivity (Wildman–Crippen MR) is 133 cm³/mol. The van der Waals surface area contributed by atoms with E-state index in [1.807, 2.05) is 23.6 Å². The van der Waals surface area contributed by atoms with E-state index in [1.165, 1.54) is 11.3 Å². The van der Waals surface area contributed by atoms with Crippen LogP contribution in [0, 0.1) is 0 Å². The number of hydrogen-bond donors (Lipinski definition) is 0. The Morgan fingerprint density at radius 3 is 2.40 bits per heavy atom. The fourth-order valence-corrected chi connectivity index (χ4v) is 4.79. The highest BCUT2D eigenvalue weighted by Gasteiger charge is 2.22. The number of hydrogen-bond acceptors (Lipinski definition) is 7. The first-order chi connectivity index (χ1) is 17.1. The average Bonchev–Trinajstić information content (AvgIpc) is 3.37. The molecule has 2 aromatic heterocycles. The Kier molecular flexibility index (Phi) is 6.69. The van der Waals surface area contributed by atoms with Gasteiger partial charge < -0.3 is 9.64 Å². The molecule has 1 fully saturated rings. The summed E-state index contributed by atoms with van der Waals surface area (Å²) in [6.45, 7) is 3.11. The van der Waals surface area contributed by atoms with Gasteiger partial charge in [-0.15, -0.1) is 11.3 Å². The summed E-state index contributed by atoms with van der Waals surface area (Å²) in [4.78, 5) is 46.5. The van der Waals surface area contributed by atoms with E-state index in [0.29, 0.717) is 54.6 Å². The van der Waals surface area contributed by atoms with E-state index in [1.54, 1.807) is 58.0 Å². The van der Waals surface area contributed by atoms with Crippen LogP contribution >= 0.6 is 11.3 Å². The lowest BCUT2D eigenvalue weighted by atomic mass is 10.0. The molecule has 1 aliphatic heterocycles. The number of ether oxygens (including phenoxy) is 1. The largest absolute Gasteiger partial charge is 0.484 e. The number of rotatable bonds is 7. The molecule has 0 spiro atoms. The van der Waals surface area contributed by atoms with Crippen molar-refractivity contribution >= 4 is 28.0 Å². The maximum atomic E-state index is 12.6. The summed E-state index contributed by atoms with van der Waals surface area (Å²) in [5.74, 6) is 0.412. The summed E-state index contributed by atoms with van der Waals surface area (Å²) in [5.41, 5.74) is 1.87. The van der Waals surface area contributed by atoms with E-state index < -0.39 is 0 Å². The minimum absolute atomic E-state index is 0.0539. The first kappa shape index (κ1) is 22.9. The van der Waals surface area contributed by atoms with E-state index in [4.69, 9.17) is 4.74 Å². The number of benzene rings is 2. The van der Waals surface area contributed by atoms with Crippen LogP contribution in [0.3, 0.4) is 0 Å². The third-order valence-corrected chi connectivity index (χ3v) is 6.74. The van der Waals surface area contributed by atoms with Crippen LogP contribution in [0.15, 0.2) is 77.0 Å². The summed E-state index contributed by atoms with van der Waals surface area (Å²) in [6.07, 6.45) is 1.73. The van der Waals surface area contributed by atoms with Crippen LogP contribution in [0.2, 0.25) is 0 Å². The first-order valence-electron chi connectivity index (χ1n) is 11.4. The highest BCUT2D eigenvalue weighted by molar-refractivity contribution is 7.15. The smallest absolute Gasteiger partial charge is 0.260 e. The summed E-state index contributed by atoms with van der Waals surface area (Å²) >= 11 is 1.44. The maximum Gasteiger partial charge on any atom is 0.260 e. The van der Waals surface area contributed by atoms with Crippen molar-refractivity contribution in [3.8, 4) is 5.75 Å². The molecule has 0 bridgehead atoms. The third kappa shape index (κ3) is 5.31. The third-order valence-electron chi connectivity index (χ3n) is 5.98. The number of ketones is 1. The summed E-state index contributed by atoms with van der Waals surface area (Å²) < 4.78 is 7.21. The molecule has 1 amide bonds. The number of nitrogens with zero attached hydrogens (tertiary/aromatic N) is 4. The zero-order chi connectivity index (χ0) is 24.2. The summed E-state index contributed by atoms with van der Waals surface area (Å²) in [6, 6.07) is 17.5. The van der Waals surface area contributed by atoms with Gasteiger partial charge >= 0.3 is 0 Å². The van der Waals surface area contributed by atoms with Crippen molar-refractivity contribution in [3.63, 3.8) is 0 Å². The van der Waals surface area contributed by atoms with Gasteiger partial charge in [0, 0.05) is 61.5 Å². The second-order valence-electron chi connectivity index (χ2n) is 8.31. The molecule has 0 aliphatic carbocycles. The molecule has 178 valence electrons. The number of carbonyl (C=O) groups is 2. The van der Waals surface area contributed by atoms with E-state index >= 15 is 0 Å². The lowest BCUT2D eigenvalue weighted by molar-refractivity contribution is -0.135. The summed E-state index contributed by atoms with van der Waals surface area (Å²) in [7, 11) is 0. The Hall–Kier alpha value is -3.82. The highest BCUT2D eigenvalue weighted by Crippen LogP contribution is 2.16. The van der Waals surface area contributed by atoms with E-state index in [-0.39, 0.29) is 23.9 Å². The number of thiazole rings is 1. The van der Waals surface area contributed by atoms with Crippen LogP contribution in [0.5, 0.6) is 5.75 Å². The Morgan fingerprint density at radius 1 is 0.943 bits per heavy atom. The number of carbonyl (C=O) groups excluding carboxylic acids is 2. The van der Waals surface area contributed by atoms with Crippen molar-refractivity contribution in [2.75, 3.05) is 32.8 Å². The van der Waals surface area contributed by atoms with Gasteiger partial charge in [0.2, 0.25) is 0 Å². The lowest BCUT2D eigenvalue weighted by Crippen LogP contribution is -2.49. The number of piperazine rings is 1. The van der Waals surface area contributed by atoms with Gasteiger partial charge in [0.1, 0.15) is 5.75 Å². The van der Waals surface area contributed by atoms with Gasteiger partial charge in [0.25, 0.3) is 11.5 Å². The van der Waals surface area contributed by atoms with Crippen LogP contribution in [-0.4, -0.2) is 63.7 Å². The molecular formula is C26H24N4O4S. The van der Waals surface area contributed by atoms with Gasteiger partial charge in [0.05, 0.1) is 5.69 Å². The normalized spacial score (nSPS) is 14.2. The quantitative estimate of drug-likeness (QED) is 0.372. The summed E-state index contributed by atoms with van der Waals surface area (Å²) in [5, 5.41) is 1.85. The molecule has 0 unspecified atom stereocenters. The highest BCUT2D eigenvalue weighted by atomic mass is 32.1. The lowest BCUT2D eigenvalue weighted by Gasteiger charge is -2.34. The molecule has 4 aromatic rings. The van der Waals surface area contributed by atoms with Gasteiger partial charge in [-0.2, -0.15) is 0 Å². The molecule has 3 heterocycles. The monoisotopic (exact) mass is 488 g/mol. The molecule has 2 aromatic carbocycles. The minimum Gasteiger partial charge on any atom is -0.484 e. The van der Waals surface area contributed by atoms with Gasteiger partial charge in [0.15, 0.2) is 17.4 Å². The zero-order valence-electron chi connectivity index (χ0n) is 19.0. The molecule has 8 nitrogen and oxygen atoms in total. The SMILES string of the molecule is O=C(c1ccccc1)c1ccc(OCC(=O)N2CCN(Cc3cc(=O)n4ccsc4n3)CC2)cc1. The Labute approximate surface area is 206 Å². The molecular weight excluding hydrogens is 464 g/mol. The van der Waals surface area contributed by atoms with Crippen molar-refractivity contribution in [1.82, 2.24) is 19.2 Å². The van der Waals surface area contributed by atoms with Crippen molar-refractivity contribution in [2.24, 2.45) is 0 Å².